The van der Waals surface area contributed by atoms with Gasteiger partial charge < -0.3 is 0 Å². The molecule has 2 rings (SSSR count). The Bertz CT molecular complexity index is 330. The zero-order valence-electron chi connectivity index (χ0n) is 9.02. The lowest BCUT2D eigenvalue weighted by molar-refractivity contribution is 0.0731. The summed E-state index contributed by atoms with van der Waals surface area (Å²) in [6.07, 6.45) is 10.2. The van der Waals surface area contributed by atoms with Crippen LogP contribution in [0, 0.1) is 10.8 Å². The van der Waals surface area contributed by atoms with E-state index >= 15 is 0 Å². The number of fused-ring (bicyclic) bond motifs is 1. The molecule has 1 saturated carbocycles. The van der Waals surface area contributed by atoms with Crippen LogP contribution < -0.4 is 0 Å². The second-order valence-corrected chi connectivity index (χ2v) is 4.76. The van der Waals surface area contributed by atoms with Crippen LogP contribution in [0.2, 0.25) is 0 Å². The van der Waals surface area contributed by atoms with Crippen molar-refractivity contribution in [3.8, 4) is 0 Å². The highest BCUT2D eigenvalue weighted by atomic mass is 14.6. The summed E-state index contributed by atoms with van der Waals surface area (Å²) in [5.41, 5.74) is 4.03. The van der Waals surface area contributed by atoms with E-state index in [2.05, 4.69) is 52.0 Å². The molecule has 0 aromatic rings. The van der Waals surface area contributed by atoms with Crippen LogP contribution in [-0.2, 0) is 0 Å². The van der Waals surface area contributed by atoms with Crippen molar-refractivity contribution in [1.29, 1.82) is 0 Å². The monoisotopic (exact) mass is 174 g/mol. The molecule has 2 unspecified atom stereocenters. The Labute approximate surface area is 81.0 Å². The quantitative estimate of drug-likeness (QED) is 0.529. The minimum Gasteiger partial charge on any atom is -0.0877 e. The van der Waals surface area contributed by atoms with Gasteiger partial charge in [0.15, 0.2) is 0 Å². The number of hydrogen-bond acceptors (Lipinski definition) is 0. The molecule has 0 heteroatoms. The molecular formula is C13H18. The highest BCUT2D eigenvalue weighted by Crippen LogP contribution is 2.71. The molecule has 0 spiro atoms. The largest absolute Gasteiger partial charge is 0.0877 e. The first-order valence-corrected chi connectivity index (χ1v) is 5.07. The molecule has 1 fully saturated rings. The van der Waals surface area contributed by atoms with Crippen molar-refractivity contribution in [2.75, 3.05) is 0 Å². The minimum absolute atomic E-state index is 0.395. The van der Waals surface area contributed by atoms with E-state index in [0.717, 1.165) is 0 Å². The molecular weight excluding hydrogens is 156 g/mol. The van der Waals surface area contributed by atoms with Crippen LogP contribution in [-0.4, -0.2) is 0 Å². The zero-order chi connectivity index (χ0) is 9.69. The highest BCUT2D eigenvalue weighted by molar-refractivity contribution is 5.52. The molecule has 0 aromatic carbocycles. The lowest BCUT2D eigenvalue weighted by Crippen LogP contribution is -2.55. The van der Waals surface area contributed by atoms with Crippen LogP contribution in [0.5, 0.6) is 0 Å². The molecule has 2 atom stereocenters. The van der Waals surface area contributed by atoms with Crippen molar-refractivity contribution < 1.29 is 0 Å². The first-order chi connectivity index (χ1) is 6.04. The minimum atomic E-state index is 0.395. The van der Waals surface area contributed by atoms with E-state index in [1.807, 2.05) is 0 Å². The van der Waals surface area contributed by atoms with Crippen molar-refractivity contribution >= 4 is 0 Å². The second-order valence-electron chi connectivity index (χ2n) is 4.76. The van der Waals surface area contributed by atoms with E-state index in [0.29, 0.717) is 10.8 Å². The van der Waals surface area contributed by atoms with Crippen LogP contribution in [0.1, 0.15) is 34.1 Å². The van der Waals surface area contributed by atoms with Gasteiger partial charge in [0.05, 0.1) is 0 Å². The summed E-state index contributed by atoms with van der Waals surface area (Å²) < 4.78 is 0. The Balaban J connectivity index is 2.30. The Morgan fingerprint density at radius 2 is 2.08 bits per heavy atom. The molecule has 0 heterocycles. The van der Waals surface area contributed by atoms with E-state index in [1.54, 1.807) is 11.1 Å². The van der Waals surface area contributed by atoms with Crippen LogP contribution in [0.15, 0.2) is 35.5 Å². The predicted octanol–water partition coefficient (Wildman–Crippen LogP) is 3.87. The van der Waals surface area contributed by atoms with Crippen LogP contribution in [0.4, 0.5) is 0 Å². The Kier molecular flexibility index (Phi) is 1.61. The standard InChI is InChI=1S/C13H18/c1-5-6-7-11-9-12(3)8-10(2)13(11,12)4/h5-8H,9H2,1-4H3/b6-5-,11-7-. The van der Waals surface area contributed by atoms with Crippen LogP contribution in [0.3, 0.4) is 0 Å². The lowest BCUT2D eigenvalue weighted by Gasteiger charge is -2.65. The fraction of sp³-hybridized carbons (Fsp3) is 0.538. The average Bonchev–Trinajstić information content (AvgIpc) is 2.11. The number of hydrogen-bond donors (Lipinski definition) is 0. The highest BCUT2D eigenvalue weighted by Gasteiger charge is 2.61. The molecule has 0 aliphatic heterocycles. The van der Waals surface area contributed by atoms with Gasteiger partial charge in [0.2, 0.25) is 0 Å². The Morgan fingerprint density at radius 3 is 2.54 bits per heavy atom. The van der Waals surface area contributed by atoms with E-state index in [4.69, 9.17) is 0 Å². The molecule has 0 saturated heterocycles. The number of allylic oxidation sites excluding steroid dienone is 6. The fourth-order valence-electron chi connectivity index (χ4n) is 2.89. The van der Waals surface area contributed by atoms with Gasteiger partial charge in [0.1, 0.15) is 0 Å². The second kappa shape index (κ2) is 2.37. The van der Waals surface area contributed by atoms with Gasteiger partial charge in [-0.15, -0.1) is 0 Å². The maximum absolute atomic E-state index is 2.43. The maximum atomic E-state index is 2.43. The van der Waals surface area contributed by atoms with Gasteiger partial charge in [-0.05, 0) is 20.3 Å². The van der Waals surface area contributed by atoms with E-state index in [-0.39, 0.29) is 0 Å². The molecule has 0 N–H and O–H groups in total. The van der Waals surface area contributed by atoms with Gasteiger partial charge in [0.25, 0.3) is 0 Å². The van der Waals surface area contributed by atoms with Crippen molar-refractivity contribution in [1.82, 2.24) is 0 Å². The zero-order valence-corrected chi connectivity index (χ0v) is 9.02. The molecule has 2 aliphatic carbocycles. The third kappa shape index (κ3) is 0.815. The summed E-state index contributed by atoms with van der Waals surface area (Å²) in [7, 11) is 0. The van der Waals surface area contributed by atoms with Gasteiger partial charge in [-0.2, -0.15) is 0 Å². The summed E-state index contributed by atoms with van der Waals surface area (Å²) >= 11 is 0. The summed E-state index contributed by atoms with van der Waals surface area (Å²) in [5, 5.41) is 0. The third-order valence-electron chi connectivity index (χ3n) is 4.16. The van der Waals surface area contributed by atoms with Crippen molar-refractivity contribution in [3.63, 3.8) is 0 Å². The topological polar surface area (TPSA) is 0 Å². The van der Waals surface area contributed by atoms with Crippen LogP contribution >= 0.6 is 0 Å². The van der Waals surface area contributed by atoms with E-state index in [9.17, 15) is 0 Å². The van der Waals surface area contributed by atoms with Gasteiger partial charge >= 0.3 is 0 Å². The summed E-state index contributed by atoms with van der Waals surface area (Å²) in [5.74, 6) is 0. The Hall–Kier alpha value is -0.780. The first-order valence-electron chi connectivity index (χ1n) is 5.07. The van der Waals surface area contributed by atoms with Crippen molar-refractivity contribution in [3.05, 3.63) is 35.5 Å². The maximum Gasteiger partial charge on any atom is 0.0184 e. The third-order valence-corrected chi connectivity index (χ3v) is 4.16. The molecule has 0 nitrogen and oxygen atoms in total. The molecule has 0 radical (unpaired) electrons. The average molecular weight is 174 g/mol. The molecule has 70 valence electrons. The first kappa shape index (κ1) is 8.80. The van der Waals surface area contributed by atoms with E-state index < -0.39 is 0 Å². The number of rotatable bonds is 1. The lowest BCUT2D eigenvalue weighted by atomic mass is 9.39. The van der Waals surface area contributed by atoms with Gasteiger partial charge in [-0.25, -0.2) is 0 Å². The normalized spacial score (nSPS) is 45.5. The molecule has 13 heavy (non-hydrogen) atoms. The molecule has 0 bridgehead atoms. The smallest absolute Gasteiger partial charge is 0.0184 e. The Morgan fingerprint density at radius 1 is 1.38 bits per heavy atom. The van der Waals surface area contributed by atoms with Gasteiger partial charge in [-0.3, -0.25) is 0 Å². The molecule has 2 aliphatic rings. The summed E-state index contributed by atoms with van der Waals surface area (Å²) in [4.78, 5) is 0. The predicted molar refractivity (Wildman–Crippen MR) is 57.5 cm³/mol. The summed E-state index contributed by atoms with van der Waals surface area (Å²) in [6.45, 7) is 9.07. The molecule has 0 amide bonds. The van der Waals surface area contributed by atoms with E-state index in [1.165, 1.54) is 6.42 Å². The molecule has 0 aromatic heterocycles. The fourth-order valence-corrected chi connectivity index (χ4v) is 2.89. The SMILES string of the molecule is C/C=C\C=C1\CC2(C)C=C(C)C12C. The van der Waals surface area contributed by atoms with Gasteiger partial charge in [-0.1, -0.05) is 49.3 Å². The summed E-state index contributed by atoms with van der Waals surface area (Å²) in [6, 6.07) is 0. The van der Waals surface area contributed by atoms with Crippen molar-refractivity contribution in [2.45, 2.75) is 34.1 Å². The van der Waals surface area contributed by atoms with Gasteiger partial charge in [0, 0.05) is 10.8 Å². The van der Waals surface area contributed by atoms with Crippen LogP contribution in [0.25, 0.3) is 0 Å². The van der Waals surface area contributed by atoms with Crippen molar-refractivity contribution in [2.24, 2.45) is 10.8 Å².